The molecule has 1 atom stereocenters. The third kappa shape index (κ3) is 4.47. The summed E-state index contributed by atoms with van der Waals surface area (Å²) in [6.07, 6.45) is 2.91. The molecule has 1 saturated carbocycles. The molecule has 1 aliphatic heterocycles. The van der Waals surface area contributed by atoms with E-state index in [4.69, 9.17) is 9.47 Å². The predicted molar refractivity (Wildman–Crippen MR) is 111 cm³/mol. The van der Waals surface area contributed by atoms with Crippen molar-refractivity contribution in [2.75, 3.05) is 43.6 Å². The zero-order valence-electron chi connectivity index (χ0n) is 16.4. The fourth-order valence-electron chi connectivity index (χ4n) is 3.97. The summed E-state index contributed by atoms with van der Waals surface area (Å²) in [6, 6.07) is 16.2. The number of ether oxygens (including phenoxy) is 2. The predicted octanol–water partition coefficient (Wildman–Crippen LogP) is 4.05. The molecule has 0 radical (unpaired) electrons. The summed E-state index contributed by atoms with van der Waals surface area (Å²) < 4.78 is 10.7. The molecule has 1 aliphatic carbocycles. The number of morpholine rings is 1. The van der Waals surface area contributed by atoms with Crippen molar-refractivity contribution in [3.05, 3.63) is 54.1 Å². The lowest BCUT2D eigenvalue weighted by atomic mass is 9.90. The van der Waals surface area contributed by atoms with E-state index in [0.29, 0.717) is 12.3 Å². The second kappa shape index (κ2) is 8.65. The molecule has 2 aromatic rings. The summed E-state index contributed by atoms with van der Waals surface area (Å²) in [5.74, 6) is 1.80. The van der Waals surface area contributed by atoms with E-state index in [-0.39, 0.29) is 11.8 Å². The Morgan fingerprint density at radius 3 is 2.54 bits per heavy atom. The number of carbonyl (C=O) groups is 1. The molecule has 0 spiro atoms. The standard InChI is InChI=1S/C23H28N2O3/c1-27-19-10-8-18(9-11-19)20(17-6-7-17)16-23(26)24-21-4-2-3-5-22(21)25-12-14-28-15-13-25/h2-5,8-11,17,20H,6-7,12-16H2,1H3,(H,24,26). The SMILES string of the molecule is COc1ccc(C(CC(=O)Nc2ccccc2N2CCOCC2)C2CC2)cc1. The average Bonchev–Trinajstić information content (AvgIpc) is 3.58. The van der Waals surface area contributed by atoms with Crippen molar-refractivity contribution >= 4 is 17.3 Å². The minimum absolute atomic E-state index is 0.0772. The maximum Gasteiger partial charge on any atom is 0.225 e. The summed E-state index contributed by atoms with van der Waals surface area (Å²) in [5.41, 5.74) is 3.19. The molecular weight excluding hydrogens is 352 g/mol. The Labute approximate surface area is 166 Å². The van der Waals surface area contributed by atoms with E-state index < -0.39 is 0 Å². The van der Waals surface area contributed by atoms with Crippen molar-refractivity contribution in [2.24, 2.45) is 5.92 Å². The van der Waals surface area contributed by atoms with Crippen molar-refractivity contribution < 1.29 is 14.3 Å². The van der Waals surface area contributed by atoms with Crippen LogP contribution in [0.1, 0.15) is 30.7 Å². The molecule has 0 bridgehead atoms. The molecule has 1 heterocycles. The van der Waals surface area contributed by atoms with Crippen molar-refractivity contribution in [3.63, 3.8) is 0 Å². The maximum absolute atomic E-state index is 12.9. The zero-order valence-corrected chi connectivity index (χ0v) is 16.4. The van der Waals surface area contributed by atoms with Crippen LogP contribution in [-0.4, -0.2) is 39.3 Å². The first-order chi connectivity index (χ1) is 13.7. The van der Waals surface area contributed by atoms with E-state index >= 15 is 0 Å². The van der Waals surface area contributed by atoms with E-state index in [1.807, 2.05) is 30.3 Å². The second-order valence-corrected chi connectivity index (χ2v) is 7.59. The number of para-hydroxylation sites is 2. The van der Waals surface area contributed by atoms with Crippen molar-refractivity contribution in [2.45, 2.75) is 25.2 Å². The highest BCUT2D eigenvalue weighted by molar-refractivity contribution is 5.94. The maximum atomic E-state index is 12.9. The van der Waals surface area contributed by atoms with Gasteiger partial charge in [0.05, 0.1) is 31.7 Å². The van der Waals surface area contributed by atoms with Gasteiger partial charge in [-0.2, -0.15) is 0 Å². The molecule has 2 fully saturated rings. The van der Waals surface area contributed by atoms with Gasteiger partial charge in [0, 0.05) is 19.5 Å². The van der Waals surface area contributed by atoms with E-state index in [9.17, 15) is 4.79 Å². The Morgan fingerprint density at radius 2 is 1.86 bits per heavy atom. The Balaban J connectivity index is 1.45. The van der Waals surface area contributed by atoms with E-state index in [0.717, 1.165) is 43.4 Å². The quantitative estimate of drug-likeness (QED) is 0.787. The zero-order chi connectivity index (χ0) is 19.3. The number of benzene rings is 2. The fourth-order valence-corrected chi connectivity index (χ4v) is 3.97. The summed E-state index contributed by atoms with van der Waals surface area (Å²) >= 11 is 0. The molecule has 2 aliphatic rings. The van der Waals surface area contributed by atoms with Crippen LogP contribution in [0.2, 0.25) is 0 Å². The lowest BCUT2D eigenvalue weighted by Gasteiger charge is -2.30. The van der Waals surface area contributed by atoms with Crippen LogP contribution < -0.4 is 15.0 Å². The first-order valence-electron chi connectivity index (χ1n) is 10.1. The normalized spacial score (nSPS) is 17.8. The molecule has 0 aromatic heterocycles. The molecular formula is C23H28N2O3. The number of carbonyl (C=O) groups excluding carboxylic acids is 1. The molecule has 148 valence electrons. The van der Waals surface area contributed by atoms with Crippen molar-refractivity contribution in [3.8, 4) is 5.75 Å². The second-order valence-electron chi connectivity index (χ2n) is 7.59. The number of anilines is 2. The van der Waals surface area contributed by atoms with Crippen LogP contribution in [0, 0.1) is 5.92 Å². The number of hydrogen-bond donors (Lipinski definition) is 1. The summed E-state index contributed by atoms with van der Waals surface area (Å²) in [5, 5.41) is 3.17. The monoisotopic (exact) mass is 380 g/mol. The van der Waals surface area contributed by atoms with E-state index in [2.05, 4.69) is 28.4 Å². The third-order valence-corrected chi connectivity index (χ3v) is 5.67. The molecule has 1 N–H and O–H groups in total. The van der Waals surface area contributed by atoms with Crippen LogP contribution in [-0.2, 0) is 9.53 Å². The highest BCUT2D eigenvalue weighted by atomic mass is 16.5. The Kier molecular flexibility index (Phi) is 5.81. The first-order valence-corrected chi connectivity index (χ1v) is 10.1. The minimum atomic E-state index is 0.0772. The van der Waals surface area contributed by atoms with Gasteiger partial charge in [0.25, 0.3) is 0 Å². The van der Waals surface area contributed by atoms with Gasteiger partial charge in [0.1, 0.15) is 5.75 Å². The largest absolute Gasteiger partial charge is 0.497 e. The smallest absolute Gasteiger partial charge is 0.225 e. The van der Waals surface area contributed by atoms with Gasteiger partial charge in [-0.1, -0.05) is 24.3 Å². The van der Waals surface area contributed by atoms with Gasteiger partial charge >= 0.3 is 0 Å². The minimum Gasteiger partial charge on any atom is -0.497 e. The first kappa shape index (κ1) is 18.8. The Bertz CT molecular complexity index is 796. The molecule has 28 heavy (non-hydrogen) atoms. The molecule has 1 unspecified atom stereocenters. The van der Waals surface area contributed by atoms with Gasteiger partial charge in [-0.3, -0.25) is 4.79 Å². The van der Waals surface area contributed by atoms with Crippen LogP contribution >= 0.6 is 0 Å². The Morgan fingerprint density at radius 1 is 1.14 bits per heavy atom. The van der Waals surface area contributed by atoms with Gasteiger partial charge in [0.2, 0.25) is 5.91 Å². The lowest BCUT2D eigenvalue weighted by molar-refractivity contribution is -0.116. The highest BCUT2D eigenvalue weighted by Gasteiger charge is 2.33. The van der Waals surface area contributed by atoms with Gasteiger partial charge in [0.15, 0.2) is 0 Å². The molecule has 4 rings (SSSR count). The molecule has 5 nitrogen and oxygen atoms in total. The van der Waals surface area contributed by atoms with Gasteiger partial charge in [-0.05, 0) is 54.5 Å². The summed E-state index contributed by atoms with van der Waals surface area (Å²) in [7, 11) is 1.67. The average molecular weight is 380 g/mol. The van der Waals surface area contributed by atoms with Crippen molar-refractivity contribution in [1.29, 1.82) is 0 Å². The number of amides is 1. The topological polar surface area (TPSA) is 50.8 Å². The van der Waals surface area contributed by atoms with Crippen molar-refractivity contribution in [1.82, 2.24) is 0 Å². The highest BCUT2D eigenvalue weighted by Crippen LogP contribution is 2.45. The lowest BCUT2D eigenvalue weighted by Crippen LogP contribution is -2.36. The van der Waals surface area contributed by atoms with Crippen LogP contribution in [0.25, 0.3) is 0 Å². The summed E-state index contributed by atoms with van der Waals surface area (Å²) in [6.45, 7) is 3.15. The Hall–Kier alpha value is -2.53. The number of nitrogens with one attached hydrogen (secondary N) is 1. The molecule has 1 amide bonds. The van der Waals surface area contributed by atoms with Crippen LogP contribution in [0.15, 0.2) is 48.5 Å². The van der Waals surface area contributed by atoms with E-state index in [1.165, 1.54) is 18.4 Å². The van der Waals surface area contributed by atoms with Crippen LogP contribution in [0.5, 0.6) is 5.75 Å². The summed E-state index contributed by atoms with van der Waals surface area (Å²) in [4.78, 5) is 15.2. The van der Waals surface area contributed by atoms with E-state index in [1.54, 1.807) is 7.11 Å². The molecule has 2 aromatic carbocycles. The number of methoxy groups -OCH3 is 1. The fraction of sp³-hybridized carbons (Fsp3) is 0.435. The van der Waals surface area contributed by atoms with Gasteiger partial charge in [-0.25, -0.2) is 0 Å². The van der Waals surface area contributed by atoms with Gasteiger partial charge < -0.3 is 19.7 Å². The van der Waals surface area contributed by atoms with Crippen LogP contribution in [0.3, 0.4) is 0 Å². The third-order valence-electron chi connectivity index (χ3n) is 5.67. The molecule has 1 saturated heterocycles. The molecule has 5 heteroatoms. The number of rotatable bonds is 7. The van der Waals surface area contributed by atoms with Gasteiger partial charge in [-0.15, -0.1) is 0 Å². The number of nitrogens with zero attached hydrogens (tertiary/aromatic N) is 1. The number of hydrogen-bond acceptors (Lipinski definition) is 4. The van der Waals surface area contributed by atoms with Crippen LogP contribution in [0.4, 0.5) is 11.4 Å².